The van der Waals surface area contributed by atoms with Crippen LogP contribution in [0.3, 0.4) is 0 Å². The predicted molar refractivity (Wildman–Crippen MR) is 99.2 cm³/mol. The Morgan fingerprint density at radius 2 is 1.90 bits per heavy atom. The van der Waals surface area contributed by atoms with Gasteiger partial charge in [0, 0.05) is 29.4 Å². The molecule has 0 bridgehead atoms. The zero-order valence-electron chi connectivity index (χ0n) is 15.9. The van der Waals surface area contributed by atoms with E-state index in [0.29, 0.717) is 0 Å². The first kappa shape index (κ1) is 22.2. The molecule has 158 valence electrons. The highest BCUT2D eigenvalue weighted by molar-refractivity contribution is 6.11. The van der Waals surface area contributed by atoms with Crippen molar-refractivity contribution in [1.82, 2.24) is 5.32 Å². The number of anilines is 2. The van der Waals surface area contributed by atoms with E-state index in [1.54, 1.807) is 13.8 Å². The Bertz CT molecular complexity index is 815. The van der Waals surface area contributed by atoms with Gasteiger partial charge in [0.05, 0.1) is 6.61 Å². The highest BCUT2D eigenvalue weighted by atomic mass is 19.3. The van der Waals surface area contributed by atoms with Crippen molar-refractivity contribution in [2.45, 2.75) is 26.3 Å². The van der Waals surface area contributed by atoms with E-state index in [1.165, 1.54) is 17.0 Å². The van der Waals surface area contributed by atoms with E-state index in [-0.39, 0.29) is 37.0 Å². The minimum Gasteiger partial charge on any atom is -0.370 e. The molecule has 1 heterocycles. The lowest BCUT2D eigenvalue weighted by molar-refractivity contribution is -0.134. The summed E-state index contributed by atoms with van der Waals surface area (Å²) in [5.41, 5.74) is 4.57. The van der Waals surface area contributed by atoms with E-state index in [2.05, 4.69) is 10.6 Å². The molecule has 0 aliphatic carbocycles. The Labute approximate surface area is 165 Å². The highest BCUT2D eigenvalue weighted by Gasteiger charge is 2.29. The summed E-state index contributed by atoms with van der Waals surface area (Å²) in [6.45, 7) is 3.41. The summed E-state index contributed by atoms with van der Waals surface area (Å²) < 4.78 is 32.1. The summed E-state index contributed by atoms with van der Waals surface area (Å²) in [6.07, 6.45) is -2.97. The number of nitrogens with two attached hydrogens (primary N) is 1. The van der Waals surface area contributed by atoms with Gasteiger partial charge in [-0.1, -0.05) is 13.8 Å². The normalized spacial score (nSPS) is 15.4. The number of nitrogens with one attached hydrogen (secondary N) is 2. The van der Waals surface area contributed by atoms with E-state index < -0.39 is 41.7 Å². The van der Waals surface area contributed by atoms with Crippen molar-refractivity contribution in [3.05, 3.63) is 23.8 Å². The van der Waals surface area contributed by atoms with E-state index >= 15 is 0 Å². The van der Waals surface area contributed by atoms with Gasteiger partial charge < -0.3 is 26.0 Å². The standard InChI is InChI=1S/C18H22F2N4O5/c1-9(2)17(27)23-14(16(21)26)18(28)22-12-4-3-10(7-11(12)15(19)20)24-5-6-29-8-13(24)25/h3-4,7,9,14-15H,5-6,8H2,1-2H3,(H2,21,26)(H,22,28)(H,23,27)/t14-/m0/s1. The number of primary amides is 1. The summed E-state index contributed by atoms with van der Waals surface area (Å²) in [5.74, 6) is -3.68. The van der Waals surface area contributed by atoms with Gasteiger partial charge >= 0.3 is 0 Å². The number of hydrogen-bond acceptors (Lipinski definition) is 5. The molecule has 1 aliphatic rings. The Morgan fingerprint density at radius 1 is 1.21 bits per heavy atom. The first-order valence-corrected chi connectivity index (χ1v) is 8.82. The zero-order chi connectivity index (χ0) is 21.7. The van der Waals surface area contributed by atoms with Gasteiger partial charge in [-0.3, -0.25) is 19.2 Å². The number of carbonyl (C=O) groups is 4. The second-order valence-electron chi connectivity index (χ2n) is 6.66. The highest BCUT2D eigenvalue weighted by Crippen LogP contribution is 2.32. The second-order valence-corrected chi connectivity index (χ2v) is 6.66. The molecule has 4 N–H and O–H groups in total. The number of carbonyl (C=O) groups excluding carboxylic acids is 4. The molecule has 1 fully saturated rings. The largest absolute Gasteiger partial charge is 0.370 e. The summed E-state index contributed by atoms with van der Waals surface area (Å²) in [7, 11) is 0. The molecule has 29 heavy (non-hydrogen) atoms. The van der Waals surface area contributed by atoms with Crippen molar-refractivity contribution >= 4 is 35.0 Å². The second kappa shape index (κ2) is 9.41. The maximum atomic E-state index is 13.6. The van der Waals surface area contributed by atoms with E-state index in [9.17, 15) is 28.0 Å². The number of benzene rings is 1. The quantitative estimate of drug-likeness (QED) is 0.563. The summed E-state index contributed by atoms with van der Waals surface area (Å²) in [5, 5.41) is 4.37. The van der Waals surface area contributed by atoms with Crippen molar-refractivity contribution < 1.29 is 32.7 Å². The third kappa shape index (κ3) is 5.47. The van der Waals surface area contributed by atoms with Crippen molar-refractivity contribution in [1.29, 1.82) is 0 Å². The number of morpholine rings is 1. The molecular weight excluding hydrogens is 390 g/mol. The van der Waals surface area contributed by atoms with Crippen LogP contribution in [-0.2, 0) is 23.9 Å². The van der Waals surface area contributed by atoms with Crippen LogP contribution in [0.5, 0.6) is 0 Å². The lowest BCUT2D eigenvalue weighted by Crippen LogP contribution is -2.52. The van der Waals surface area contributed by atoms with Crippen LogP contribution in [-0.4, -0.2) is 49.4 Å². The molecular formula is C18H22F2N4O5. The van der Waals surface area contributed by atoms with Crippen LogP contribution in [0, 0.1) is 5.92 Å². The number of alkyl halides is 2. The average Bonchev–Trinajstić information content (AvgIpc) is 2.66. The lowest BCUT2D eigenvalue weighted by atomic mass is 10.1. The Balaban J connectivity index is 2.26. The van der Waals surface area contributed by atoms with Gasteiger partial charge in [0.25, 0.3) is 18.2 Å². The monoisotopic (exact) mass is 412 g/mol. The van der Waals surface area contributed by atoms with Crippen LogP contribution in [0.25, 0.3) is 0 Å². The van der Waals surface area contributed by atoms with Gasteiger partial charge in [-0.15, -0.1) is 0 Å². The van der Waals surface area contributed by atoms with Crippen LogP contribution in [0.4, 0.5) is 20.2 Å². The number of nitrogens with zero attached hydrogens (tertiary/aromatic N) is 1. The van der Waals surface area contributed by atoms with E-state index in [1.807, 2.05) is 0 Å². The van der Waals surface area contributed by atoms with Crippen molar-refractivity contribution in [3.8, 4) is 0 Å². The number of hydrogen-bond donors (Lipinski definition) is 3. The van der Waals surface area contributed by atoms with Gasteiger partial charge in [-0.25, -0.2) is 8.78 Å². The van der Waals surface area contributed by atoms with Crippen LogP contribution >= 0.6 is 0 Å². The topological polar surface area (TPSA) is 131 Å². The number of amides is 4. The van der Waals surface area contributed by atoms with Crippen molar-refractivity contribution in [2.24, 2.45) is 11.7 Å². The molecule has 0 radical (unpaired) electrons. The van der Waals surface area contributed by atoms with E-state index in [0.717, 1.165) is 6.07 Å². The van der Waals surface area contributed by atoms with Gasteiger partial charge in [0.15, 0.2) is 6.04 Å². The third-order valence-corrected chi connectivity index (χ3v) is 4.18. The molecule has 1 atom stereocenters. The van der Waals surface area contributed by atoms with Gasteiger partial charge in [-0.05, 0) is 18.2 Å². The molecule has 9 nitrogen and oxygen atoms in total. The number of ether oxygens (including phenoxy) is 1. The predicted octanol–water partition coefficient (Wildman–Crippen LogP) is 0.552. The molecule has 1 saturated heterocycles. The molecule has 1 aromatic carbocycles. The molecule has 0 saturated carbocycles. The maximum Gasteiger partial charge on any atom is 0.265 e. The Kier molecular flexibility index (Phi) is 7.21. The number of rotatable bonds is 7. The summed E-state index contributed by atoms with van der Waals surface area (Å²) in [6, 6.07) is 1.93. The average molecular weight is 412 g/mol. The van der Waals surface area contributed by atoms with Gasteiger partial charge in [0.1, 0.15) is 6.61 Å². The molecule has 11 heteroatoms. The molecule has 0 aromatic heterocycles. The SMILES string of the molecule is CC(C)C(=O)N[C@@H](C(N)=O)C(=O)Nc1ccc(N2CCOCC2=O)cc1C(F)F. The summed E-state index contributed by atoms with van der Waals surface area (Å²) in [4.78, 5) is 48.9. The first-order valence-electron chi connectivity index (χ1n) is 8.82. The van der Waals surface area contributed by atoms with Crippen LogP contribution < -0.4 is 21.3 Å². The van der Waals surface area contributed by atoms with E-state index in [4.69, 9.17) is 10.5 Å². The fourth-order valence-corrected chi connectivity index (χ4v) is 2.58. The molecule has 4 amide bonds. The molecule has 1 aliphatic heterocycles. The molecule has 0 spiro atoms. The number of halogens is 2. The summed E-state index contributed by atoms with van der Waals surface area (Å²) >= 11 is 0. The van der Waals surface area contributed by atoms with Crippen LogP contribution in [0.1, 0.15) is 25.8 Å². The molecule has 1 aromatic rings. The smallest absolute Gasteiger partial charge is 0.265 e. The zero-order valence-corrected chi connectivity index (χ0v) is 15.9. The van der Waals surface area contributed by atoms with Crippen LogP contribution in [0.15, 0.2) is 18.2 Å². The molecule has 0 unspecified atom stereocenters. The van der Waals surface area contributed by atoms with Gasteiger partial charge in [-0.2, -0.15) is 0 Å². The van der Waals surface area contributed by atoms with Crippen LogP contribution in [0.2, 0.25) is 0 Å². The van der Waals surface area contributed by atoms with Gasteiger partial charge in [0.2, 0.25) is 11.8 Å². The fourth-order valence-electron chi connectivity index (χ4n) is 2.58. The molecule has 2 rings (SSSR count). The Hall–Kier alpha value is -3.08. The fraction of sp³-hybridized carbons (Fsp3) is 0.444. The maximum absolute atomic E-state index is 13.6. The van der Waals surface area contributed by atoms with Crippen molar-refractivity contribution in [3.63, 3.8) is 0 Å². The Morgan fingerprint density at radius 3 is 2.45 bits per heavy atom. The minimum atomic E-state index is -2.97. The first-order chi connectivity index (χ1) is 13.6. The lowest BCUT2D eigenvalue weighted by Gasteiger charge is -2.27. The minimum absolute atomic E-state index is 0.154. The van der Waals surface area contributed by atoms with Crippen molar-refractivity contribution in [2.75, 3.05) is 30.0 Å². The third-order valence-electron chi connectivity index (χ3n) is 4.18.